The van der Waals surface area contributed by atoms with Crippen LogP contribution in [0.5, 0.6) is 0 Å². The average molecular weight is 282 g/mol. The molecule has 0 aliphatic heterocycles. The van der Waals surface area contributed by atoms with Crippen molar-refractivity contribution in [2.45, 2.75) is 45.3 Å². The van der Waals surface area contributed by atoms with Gasteiger partial charge in [-0.25, -0.2) is 0 Å². The van der Waals surface area contributed by atoms with Gasteiger partial charge in [0.2, 0.25) is 0 Å². The average Bonchev–Trinajstić information content (AvgIpc) is 2.35. The summed E-state index contributed by atoms with van der Waals surface area (Å²) in [5, 5.41) is 14.4. The maximum Gasteiger partial charge on any atom is 0.0928 e. The second kappa shape index (κ2) is 6.74. The number of rotatable bonds is 4. The zero-order valence-corrected chi connectivity index (χ0v) is 12.5. The molecule has 3 heteroatoms. The first-order valence-corrected chi connectivity index (χ1v) is 7.60. The predicted octanol–water partition coefficient (Wildman–Crippen LogP) is 3.79. The summed E-state index contributed by atoms with van der Waals surface area (Å²) in [4.78, 5) is 0. The van der Waals surface area contributed by atoms with Crippen LogP contribution >= 0.6 is 11.6 Å². The Balaban J connectivity index is 1.87. The molecule has 3 atom stereocenters. The second-order valence-electron chi connectivity index (χ2n) is 6.06. The molecule has 0 aromatic heterocycles. The van der Waals surface area contributed by atoms with E-state index in [0.29, 0.717) is 17.6 Å². The van der Waals surface area contributed by atoms with Gasteiger partial charge in [0, 0.05) is 23.2 Å². The summed E-state index contributed by atoms with van der Waals surface area (Å²) >= 11 is 6.10. The minimum Gasteiger partial charge on any atom is -0.387 e. The van der Waals surface area contributed by atoms with E-state index in [1.807, 2.05) is 24.3 Å². The van der Waals surface area contributed by atoms with Crippen molar-refractivity contribution in [3.63, 3.8) is 0 Å². The van der Waals surface area contributed by atoms with Crippen molar-refractivity contribution in [1.82, 2.24) is 5.32 Å². The van der Waals surface area contributed by atoms with Crippen LogP contribution in [0, 0.1) is 11.8 Å². The van der Waals surface area contributed by atoms with E-state index >= 15 is 0 Å². The topological polar surface area (TPSA) is 32.3 Å². The highest BCUT2D eigenvalue weighted by atomic mass is 35.5. The lowest BCUT2D eigenvalue weighted by Gasteiger charge is -2.32. The van der Waals surface area contributed by atoms with Crippen molar-refractivity contribution in [3.8, 4) is 0 Å². The molecular weight excluding hydrogens is 258 g/mol. The Morgan fingerprint density at radius 1 is 1.21 bits per heavy atom. The van der Waals surface area contributed by atoms with Gasteiger partial charge in [0.25, 0.3) is 0 Å². The highest BCUT2D eigenvalue weighted by Crippen LogP contribution is 2.29. The summed E-state index contributed by atoms with van der Waals surface area (Å²) in [6, 6.07) is 8.04. The molecule has 0 saturated heterocycles. The Bertz CT molecular complexity index is 399. The third-order valence-electron chi connectivity index (χ3n) is 4.04. The van der Waals surface area contributed by atoms with Gasteiger partial charge in [-0.05, 0) is 37.2 Å². The van der Waals surface area contributed by atoms with Crippen molar-refractivity contribution in [2.75, 3.05) is 6.54 Å². The Hall–Kier alpha value is -0.570. The van der Waals surface area contributed by atoms with Gasteiger partial charge in [-0.15, -0.1) is 0 Å². The molecule has 0 radical (unpaired) electrons. The third kappa shape index (κ3) is 4.20. The summed E-state index contributed by atoms with van der Waals surface area (Å²) in [5.74, 6) is 1.55. The third-order valence-corrected chi connectivity index (χ3v) is 4.39. The van der Waals surface area contributed by atoms with E-state index in [2.05, 4.69) is 19.2 Å². The fourth-order valence-corrected chi connectivity index (χ4v) is 3.51. The quantitative estimate of drug-likeness (QED) is 0.880. The summed E-state index contributed by atoms with van der Waals surface area (Å²) in [6.45, 7) is 5.21. The molecule has 0 bridgehead atoms. The molecule has 106 valence electrons. The monoisotopic (exact) mass is 281 g/mol. The summed E-state index contributed by atoms with van der Waals surface area (Å²) < 4.78 is 0. The number of nitrogens with one attached hydrogen (secondary N) is 1. The number of hydrogen-bond donors (Lipinski definition) is 2. The van der Waals surface area contributed by atoms with Gasteiger partial charge >= 0.3 is 0 Å². The van der Waals surface area contributed by atoms with E-state index in [9.17, 15) is 5.11 Å². The van der Waals surface area contributed by atoms with Crippen LogP contribution in [0.25, 0.3) is 0 Å². The van der Waals surface area contributed by atoms with Crippen LogP contribution in [0.3, 0.4) is 0 Å². The van der Waals surface area contributed by atoms with E-state index in [0.717, 1.165) is 17.4 Å². The van der Waals surface area contributed by atoms with Gasteiger partial charge in [-0.2, -0.15) is 0 Å². The Labute approximate surface area is 121 Å². The molecule has 0 spiro atoms. The normalized spacial score (nSPS) is 29.2. The van der Waals surface area contributed by atoms with Gasteiger partial charge in [-0.1, -0.05) is 43.6 Å². The van der Waals surface area contributed by atoms with Crippen molar-refractivity contribution in [3.05, 3.63) is 34.9 Å². The minimum atomic E-state index is -0.527. The standard InChI is InChI=1S/C16H24ClNO/c1-11-7-12(2)9-13(8-11)18-10-16(19)14-5-3-4-6-15(14)17/h3-6,11-13,16,18-19H,7-10H2,1-2H3. The number of halogens is 1. The molecule has 1 aliphatic rings. The van der Waals surface area contributed by atoms with Gasteiger partial charge in [-0.3, -0.25) is 0 Å². The van der Waals surface area contributed by atoms with E-state index < -0.39 is 6.10 Å². The van der Waals surface area contributed by atoms with Crippen LogP contribution < -0.4 is 5.32 Å². The molecule has 19 heavy (non-hydrogen) atoms. The van der Waals surface area contributed by atoms with Gasteiger partial charge in [0.15, 0.2) is 0 Å². The second-order valence-corrected chi connectivity index (χ2v) is 6.47. The molecule has 1 aromatic carbocycles. The van der Waals surface area contributed by atoms with Crippen LogP contribution in [-0.4, -0.2) is 17.7 Å². The van der Waals surface area contributed by atoms with Crippen LogP contribution in [0.2, 0.25) is 5.02 Å². The first-order valence-electron chi connectivity index (χ1n) is 7.22. The van der Waals surface area contributed by atoms with Crippen LogP contribution in [0.15, 0.2) is 24.3 Å². The Kier molecular flexibility index (Phi) is 5.26. The lowest BCUT2D eigenvalue weighted by atomic mass is 9.80. The zero-order valence-electron chi connectivity index (χ0n) is 11.8. The number of benzene rings is 1. The molecule has 2 nitrogen and oxygen atoms in total. The van der Waals surface area contributed by atoms with Crippen molar-refractivity contribution < 1.29 is 5.11 Å². The molecule has 1 saturated carbocycles. The summed E-state index contributed by atoms with van der Waals surface area (Å²) in [6.07, 6.45) is 3.21. The molecule has 0 heterocycles. The maximum absolute atomic E-state index is 10.2. The number of hydrogen-bond acceptors (Lipinski definition) is 2. The first kappa shape index (κ1) is 14.8. The molecule has 1 aromatic rings. The maximum atomic E-state index is 10.2. The van der Waals surface area contributed by atoms with Crippen molar-refractivity contribution in [2.24, 2.45) is 11.8 Å². The van der Waals surface area contributed by atoms with Gasteiger partial charge in [0.05, 0.1) is 6.10 Å². The van der Waals surface area contributed by atoms with Gasteiger partial charge < -0.3 is 10.4 Å². The largest absolute Gasteiger partial charge is 0.387 e. The van der Waals surface area contributed by atoms with E-state index in [4.69, 9.17) is 11.6 Å². The highest BCUT2D eigenvalue weighted by molar-refractivity contribution is 6.31. The van der Waals surface area contributed by atoms with Crippen molar-refractivity contribution >= 4 is 11.6 Å². The van der Waals surface area contributed by atoms with Crippen LogP contribution in [0.1, 0.15) is 44.8 Å². The van der Waals surface area contributed by atoms with Crippen molar-refractivity contribution in [1.29, 1.82) is 0 Å². The van der Waals surface area contributed by atoms with E-state index in [1.54, 1.807) is 0 Å². The molecule has 1 fully saturated rings. The molecular formula is C16H24ClNO. The summed E-state index contributed by atoms with van der Waals surface area (Å²) in [7, 11) is 0. The molecule has 0 amide bonds. The molecule has 2 rings (SSSR count). The molecule has 3 unspecified atom stereocenters. The van der Waals surface area contributed by atoms with E-state index in [-0.39, 0.29) is 0 Å². The van der Waals surface area contributed by atoms with Crippen LogP contribution in [0.4, 0.5) is 0 Å². The number of aliphatic hydroxyl groups is 1. The number of aliphatic hydroxyl groups excluding tert-OH is 1. The smallest absolute Gasteiger partial charge is 0.0928 e. The fraction of sp³-hybridized carbons (Fsp3) is 0.625. The predicted molar refractivity (Wildman–Crippen MR) is 80.4 cm³/mol. The molecule has 1 aliphatic carbocycles. The molecule has 2 N–H and O–H groups in total. The SMILES string of the molecule is CC1CC(C)CC(NCC(O)c2ccccc2Cl)C1. The summed E-state index contributed by atoms with van der Waals surface area (Å²) in [5.41, 5.74) is 0.813. The minimum absolute atomic E-state index is 0.524. The first-order chi connectivity index (χ1) is 9.06. The Morgan fingerprint density at radius 3 is 2.47 bits per heavy atom. The fourth-order valence-electron chi connectivity index (χ4n) is 3.25. The highest BCUT2D eigenvalue weighted by Gasteiger charge is 2.24. The lowest BCUT2D eigenvalue weighted by molar-refractivity contribution is 0.155. The van der Waals surface area contributed by atoms with Gasteiger partial charge in [0.1, 0.15) is 0 Å². The van der Waals surface area contributed by atoms with Crippen LogP contribution in [-0.2, 0) is 0 Å². The zero-order chi connectivity index (χ0) is 13.8. The lowest BCUT2D eigenvalue weighted by Crippen LogP contribution is -2.38. The Morgan fingerprint density at radius 2 is 1.84 bits per heavy atom. The van der Waals surface area contributed by atoms with E-state index in [1.165, 1.54) is 19.3 Å².